The van der Waals surface area contributed by atoms with Crippen molar-refractivity contribution in [2.75, 3.05) is 26.3 Å². The van der Waals surface area contributed by atoms with Gasteiger partial charge in [0, 0.05) is 18.6 Å². The molecule has 2 aliphatic carbocycles. The maximum atomic E-state index is 5.65. The van der Waals surface area contributed by atoms with Gasteiger partial charge in [0.1, 0.15) is 0 Å². The molecule has 0 aromatic rings. The molecule has 2 saturated carbocycles. The Morgan fingerprint density at radius 1 is 1.00 bits per heavy atom. The van der Waals surface area contributed by atoms with E-state index in [1.807, 2.05) is 0 Å². The summed E-state index contributed by atoms with van der Waals surface area (Å²) in [6.45, 7) is 4.11. The van der Waals surface area contributed by atoms with E-state index in [1.54, 1.807) is 0 Å². The Balaban J connectivity index is 1.45. The maximum absolute atomic E-state index is 5.65. The molecule has 3 fully saturated rings. The van der Waals surface area contributed by atoms with Crippen molar-refractivity contribution in [2.45, 2.75) is 63.5 Å². The average molecular weight is 266 g/mol. The molecule has 3 rings (SSSR count). The monoisotopic (exact) mass is 266 g/mol. The normalized spacial score (nSPS) is 37.6. The highest BCUT2D eigenvalue weighted by Crippen LogP contribution is 2.30. The molecule has 0 radical (unpaired) electrons. The third kappa shape index (κ3) is 3.71. The first-order valence-electron chi connectivity index (χ1n) is 8.48. The molecular weight excluding hydrogens is 236 g/mol. The van der Waals surface area contributed by atoms with E-state index in [9.17, 15) is 0 Å². The first-order valence-corrected chi connectivity index (χ1v) is 8.48. The molecule has 0 amide bonds. The summed E-state index contributed by atoms with van der Waals surface area (Å²) in [4.78, 5) is 0. The predicted molar refractivity (Wildman–Crippen MR) is 78.3 cm³/mol. The Bertz CT molecular complexity index is 259. The topological polar surface area (TPSA) is 33.3 Å². The van der Waals surface area contributed by atoms with E-state index in [0.29, 0.717) is 6.04 Å². The van der Waals surface area contributed by atoms with Crippen LogP contribution in [0.15, 0.2) is 0 Å². The second kappa shape index (κ2) is 7.05. The SMILES string of the molecule is C1CCC(CNC2CCCC2C2COCCN2)CC1. The van der Waals surface area contributed by atoms with Gasteiger partial charge in [-0.3, -0.25) is 0 Å². The van der Waals surface area contributed by atoms with Crippen molar-refractivity contribution in [2.24, 2.45) is 11.8 Å². The number of rotatable bonds is 4. The number of morpholine rings is 1. The van der Waals surface area contributed by atoms with Crippen LogP contribution >= 0.6 is 0 Å². The molecule has 19 heavy (non-hydrogen) atoms. The van der Waals surface area contributed by atoms with Crippen LogP contribution in [0, 0.1) is 11.8 Å². The summed E-state index contributed by atoms with van der Waals surface area (Å²) in [5, 5.41) is 7.57. The Labute approximate surface area is 117 Å². The molecule has 0 aromatic heterocycles. The third-order valence-electron chi connectivity index (χ3n) is 5.43. The van der Waals surface area contributed by atoms with Crippen LogP contribution in [0.25, 0.3) is 0 Å². The van der Waals surface area contributed by atoms with Gasteiger partial charge < -0.3 is 15.4 Å². The van der Waals surface area contributed by atoms with Gasteiger partial charge in [0.05, 0.1) is 13.2 Å². The molecule has 0 aromatic carbocycles. The lowest BCUT2D eigenvalue weighted by molar-refractivity contribution is 0.0521. The van der Waals surface area contributed by atoms with Gasteiger partial charge in [-0.05, 0) is 44.1 Å². The molecule has 3 atom stereocenters. The van der Waals surface area contributed by atoms with Crippen LogP contribution in [0.4, 0.5) is 0 Å². The van der Waals surface area contributed by atoms with Crippen molar-refractivity contribution in [1.82, 2.24) is 10.6 Å². The first kappa shape index (κ1) is 13.8. The van der Waals surface area contributed by atoms with Crippen molar-refractivity contribution < 1.29 is 4.74 Å². The minimum absolute atomic E-state index is 0.597. The number of ether oxygens (including phenoxy) is 1. The van der Waals surface area contributed by atoms with E-state index < -0.39 is 0 Å². The zero-order valence-electron chi connectivity index (χ0n) is 12.2. The summed E-state index contributed by atoms with van der Waals surface area (Å²) in [7, 11) is 0. The third-order valence-corrected chi connectivity index (χ3v) is 5.43. The van der Waals surface area contributed by atoms with E-state index >= 15 is 0 Å². The van der Waals surface area contributed by atoms with Crippen LogP contribution in [0.3, 0.4) is 0 Å². The fourth-order valence-corrected chi connectivity index (χ4v) is 4.29. The molecule has 2 N–H and O–H groups in total. The summed E-state index contributed by atoms with van der Waals surface area (Å²) in [5.41, 5.74) is 0. The van der Waals surface area contributed by atoms with Crippen LogP contribution in [-0.4, -0.2) is 38.4 Å². The fourth-order valence-electron chi connectivity index (χ4n) is 4.29. The lowest BCUT2D eigenvalue weighted by Gasteiger charge is -2.34. The highest BCUT2D eigenvalue weighted by molar-refractivity contribution is 4.92. The number of hydrogen-bond acceptors (Lipinski definition) is 3. The van der Waals surface area contributed by atoms with Gasteiger partial charge in [0.25, 0.3) is 0 Å². The van der Waals surface area contributed by atoms with Gasteiger partial charge in [-0.2, -0.15) is 0 Å². The van der Waals surface area contributed by atoms with Crippen molar-refractivity contribution in [3.05, 3.63) is 0 Å². The predicted octanol–water partition coefficient (Wildman–Crippen LogP) is 2.31. The van der Waals surface area contributed by atoms with Crippen LogP contribution in [0.5, 0.6) is 0 Å². The van der Waals surface area contributed by atoms with Crippen LogP contribution < -0.4 is 10.6 Å². The van der Waals surface area contributed by atoms with Gasteiger partial charge >= 0.3 is 0 Å². The summed E-state index contributed by atoms with van der Waals surface area (Å²) in [5.74, 6) is 1.74. The maximum Gasteiger partial charge on any atom is 0.0623 e. The van der Waals surface area contributed by atoms with Crippen LogP contribution in [0.1, 0.15) is 51.4 Å². The molecule has 1 heterocycles. The zero-order valence-corrected chi connectivity index (χ0v) is 12.2. The Morgan fingerprint density at radius 2 is 1.89 bits per heavy atom. The van der Waals surface area contributed by atoms with Gasteiger partial charge in [0.2, 0.25) is 0 Å². The molecule has 3 nitrogen and oxygen atoms in total. The molecular formula is C16H30N2O. The summed E-state index contributed by atoms with van der Waals surface area (Å²) < 4.78 is 5.65. The van der Waals surface area contributed by atoms with Crippen molar-refractivity contribution >= 4 is 0 Å². The quantitative estimate of drug-likeness (QED) is 0.819. The molecule has 0 spiro atoms. The van der Waals surface area contributed by atoms with Gasteiger partial charge in [-0.15, -0.1) is 0 Å². The second-order valence-corrected chi connectivity index (χ2v) is 6.75. The molecule has 110 valence electrons. The molecule has 0 bridgehead atoms. The zero-order chi connectivity index (χ0) is 12.9. The molecule has 3 unspecified atom stereocenters. The second-order valence-electron chi connectivity index (χ2n) is 6.75. The van der Waals surface area contributed by atoms with E-state index in [0.717, 1.165) is 37.6 Å². The van der Waals surface area contributed by atoms with Crippen molar-refractivity contribution in [3.8, 4) is 0 Å². The van der Waals surface area contributed by atoms with Crippen molar-refractivity contribution in [1.29, 1.82) is 0 Å². The minimum Gasteiger partial charge on any atom is -0.379 e. The smallest absolute Gasteiger partial charge is 0.0623 e. The number of nitrogens with one attached hydrogen (secondary N) is 2. The summed E-state index contributed by atoms with van der Waals surface area (Å²) >= 11 is 0. The highest BCUT2D eigenvalue weighted by Gasteiger charge is 2.34. The summed E-state index contributed by atoms with van der Waals surface area (Å²) in [6.07, 6.45) is 11.4. The average Bonchev–Trinajstić information content (AvgIpc) is 2.95. The van der Waals surface area contributed by atoms with Gasteiger partial charge in [0.15, 0.2) is 0 Å². The standard InChI is InChI=1S/C16H30N2O/c1-2-5-13(6-3-1)11-18-15-8-4-7-14(15)16-12-19-10-9-17-16/h13-18H,1-12H2. The van der Waals surface area contributed by atoms with Crippen molar-refractivity contribution in [3.63, 3.8) is 0 Å². The Morgan fingerprint density at radius 3 is 2.68 bits per heavy atom. The minimum atomic E-state index is 0.597. The van der Waals surface area contributed by atoms with E-state index in [4.69, 9.17) is 4.74 Å². The molecule has 1 saturated heterocycles. The molecule has 3 aliphatic rings. The van der Waals surface area contributed by atoms with E-state index in [-0.39, 0.29) is 0 Å². The van der Waals surface area contributed by atoms with E-state index in [2.05, 4.69) is 10.6 Å². The fraction of sp³-hybridized carbons (Fsp3) is 1.00. The van der Waals surface area contributed by atoms with Crippen LogP contribution in [0.2, 0.25) is 0 Å². The lowest BCUT2D eigenvalue weighted by atomic mass is 9.88. The Hall–Kier alpha value is -0.120. The lowest BCUT2D eigenvalue weighted by Crippen LogP contribution is -2.51. The Kier molecular flexibility index (Phi) is 5.14. The van der Waals surface area contributed by atoms with Gasteiger partial charge in [-0.1, -0.05) is 25.7 Å². The molecule has 1 aliphatic heterocycles. The first-order chi connectivity index (χ1) is 9.43. The van der Waals surface area contributed by atoms with Gasteiger partial charge in [-0.25, -0.2) is 0 Å². The van der Waals surface area contributed by atoms with E-state index in [1.165, 1.54) is 57.9 Å². The highest BCUT2D eigenvalue weighted by atomic mass is 16.5. The summed E-state index contributed by atoms with van der Waals surface area (Å²) in [6, 6.07) is 1.33. The van der Waals surface area contributed by atoms with Crippen LogP contribution in [-0.2, 0) is 4.74 Å². The molecule has 3 heteroatoms. The largest absolute Gasteiger partial charge is 0.379 e. The number of hydrogen-bond donors (Lipinski definition) is 2.